The average molecular weight is 282 g/mol. The molecule has 0 N–H and O–H groups in total. The van der Waals surface area contributed by atoms with Crippen LogP contribution in [0.5, 0.6) is 0 Å². The van der Waals surface area contributed by atoms with E-state index in [4.69, 9.17) is 0 Å². The second-order valence-electron chi connectivity index (χ2n) is 3.08. The minimum Gasteiger partial charge on any atom is -0.0973 e. The van der Waals surface area contributed by atoms with Crippen LogP contribution in [0, 0.1) is 0 Å². The molecular weight excluding hydrogens is 276 g/mol. The van der Waals surface area contributed by atoms with Crippen LogP contribution in [0.2, 0.25) is 0 Å². The molecule has 0 bridgehead atoms. The molecule has 6 heteroatoms. The number of rotatable bonds is 2. The van der Waals surface area contributed by atoms with E-state index in [0.29, 0.717) is 0 Å². The number of hydrogen-bond donors (Lipinski definition) is 0. The summed E-state index contributed by atoms with van der Waals surface area (Å²) in [4.78, 5) is 2.45. The van der Waals surface area contributed by atoms with Crippen LogP contribution in [0.15, 0.2) is 35.1 Å². The van der Waals surface area contributed by atoms with Gasteiger partial charge in [0.05, 0.1) is 0 Å². The van der Waals surface area contributed by atoms with E-state index in [9.17, 15) is 0 Å². The Morgan fingerprint density at radius 1 is 0.688 bits per heavy atom. The topological polar surface area (TPSA) is 28.2 Å². The molecule has 1 aromatic rings. The normalized spacial score (nSPS) is 19.8. The summed E-state index contributed by atoms with van der Waals surface area (Å²) in [6, 6.07) is 8.56. The van der Waals surface area contributed by atoms with Crippen molar-refractivity contribution in [2.75, 3.05) is 0 Å². The summed E-state index contributed by atoms with van der Waals surface area (Å²) < 4.78 is 8.30. The minimum atomic E-state index is 1.23. The molecule has 80 valence electrons. The van der Waals surface area contributed by atoms with Gasteiger partial charge in [-0.05, 0) is 58.9 Å². The van der Waals surface area contributed by atoms with Gasteiger partial charge in [-0.15, -0.1) is 0 Å². The highest BCUT2D eigenvalue weighted by atomic mass is 32.2. The van der Waals surface area contributed by atoms with Gasteiger partial charge in [0.2, 0.25) is 0 Å². The summed E-state index contributed by atoms with van der Waals surface area (Å²) in [5.74, 6) is 0. The fourth-order valence-corrected chi connectivity index (χ4v) is 4.23. The second kappa shape index (κ2) is 5.12. The first-order valence-electron chi connectivity index (χ1n) is 4.51. The highest BCUT2D eigenvalue weighted by Crippen LogP contribution is 2.39. The van der Waals surface area contributed by atoms with E-state index in [1.165, 1.54) is 44.8 Å². The molecule has 0 saturated carbocycles. The summed E-state index contributed by atoms with van der Waals surface area (Å²) in [5, 5.41) is 4.16. The molecule has 0 atom stereocenters. The Morgan fingerprint density at radius 2 is 1.12 bits per heavy atom. The van der Waals surface area contributed by atoms with Crippen molar-refractivity contribution in [3.63, 3.8) is 0 Å². The molecule has 0 saturated heterocycles. The molecule has 0 fully saturated rings. The van der Waals surface area contributed by atoms with Gasteiger partial charge >= 0.3 is 0 Å². The maximum Gasteiger partial charge on any atom is 0.0402 e. The zero-order chi connectivity index (χ0) is 10.8. The summed E-state index contributed by atoms with van der Waals surface area (Å²) in [7, 11) is 0. The van der Waals surface area contributed by atoms with Crippen LogP contribution in [0.25, 0.3) is 9.81 Å². The van der Waals surface area contributed by atoms with Crippen molar-refractivity contribution in [1.82, 2.24) is 8.25 Å². The molecular formula is C10H6N2S4. The molecule has 16 heavy (non-hydrogen) atoms. The Labute approximate surface area is 112 Å². The van der Waals surface area contributed by atoms with Crippen LogP contribution in [-0.2, 0) is 0 Å². The lowest BCUT2D eigenvalue weighted by atomic mass is 10.1. The van der Waals surface area contributed by atoms with Crippen molar-refractivity contribution >= 4 is 57.6 Å². The number of benzene rings is 1. The smallest absolute Gasteiger partial charge is 0.0402 e. The van der Waals surface area contributed by atoms with Crippen LogP contribution >= 0.6 is 47.8 Å². The van der Waals surface area contributed by atoms with Crippen LogP contribution in [0.3, 0.4) is 0 Å². The van der Waals surface area contributed by atoms with Gasteiger partial charge in [-0.3, -0.25) is 0 Å². The van der Waals surface area contributed by atoms with Crippen molar-refractivity contribution < 1.29 is 0 Å². The van der Waals surface area contributed by atoms with Crippen LogP contribution in [0.4, 0.5) is 0 Å². The standard InChI is InChI=1S/C10H6N2S4/c1-2-8(10-6-14-12-16-10)4-3-7(1)9-5-13-11-15-9/h1-6H. The molecule has 0 unspecified atom stereocenters. The molecule has 1 aromatic carbocycles. The summed E-state index contributed by atoms with van der Waals surface area (Å²) in [6.45, 7) is 0. The fourth-order valence-electron chi connectivity index (χ4n) is 1.35. The Bertz CT molecular complexity index is 409. The SMILES string of the molecule is C1=C(c2ccc(C3=CS[N]S3)cc2)S[N]S1. The Hall–Kier alpha value is 0.0200. The monoisotopic (exact) mass is 282 g/mol. The average Bonchev–Trinajstić information content (AvgIpc) is 3.03. The molecule has 0 amide bonds. The lowest BCUT2D eigenvalue weighted by molar-refractivity contribution is 1.61. The van der Waals surface area contributed by atoms with Crippen molar-refractivity contribution in [2.45, 2.75) is 0 Å². The zero-order valence-electron chi connectivity index (χ0n) is 7.99. The van der Waals surface area contributed by atoms with Gasteiger partial charge in [0, 0.05) is 20.6 Å². The third-order valence-corrected chi connectivity index (χ3v) is 5.50. The maximum atomic E-state index is 4.15. The highest BCUT2D eigenvalue weighted by Gasteiger charge is 2.12. The van der Waals surface area contributed by atoms with Gasteiger partial charge in [0.1, 0.15) is 0 Å². The molecule has 0 spiro atoms. The number of nitrogens with zero attached hydrogens (tertiary/aromatic N) is 2. The van der Waals surface area contributed by atoms with Crippen LogP contribution < -0.4 is 8.25 Å². The van der Waals surface area contributed by atoms with Crippen molar-refractivity contribution in [1.29, 1.82) is 0 Å². The predicted octanol–water partition coefficient (Wildman–Crippen LogP) is 4.11. The van der Waals surface area contributed by atoms with Crippen LogP contribution in [-0.4, -0.2) is 0 Å². The van der Waals surface area contributed by atoms with Gasteiger partial charge in [-0.2, -0.15) is 0 Å². The lowest BCUT2D eigenvalue weighted by Gasteiger charge is -2.03. The molecule has 2 nitrogen and oxygen atoms in total. The van der Waals surface area contributed by atoms with Gasteiger partial charge < -0.3 is 0 Å². The Morgan fingerprint density at radius 3 is 1.44 bits per heavy atom. The van der Waals surface area contributed by atoms with Crippen molar-refractivity contribution in [2.24, 2.45) is 0 Å². The lowest BCUT2D eigenvalue weighted by Crippen LogP contribution is -1.82. The number of hydrogen-bond acceptors (Lipinski definition) is 4. The molecule has 3 rings (SSSR count). The van der Waals surface area contributed by atoms with E-state index in [2.05, 4.69) is 43.3 Å². The molecule has 0 aromatic heterocycles. The van der Waals surface area contributed by atoms with E-state index in [1.807, 2.05) is 0 Å². The van der Waals surface area contributed by atoms with E-state index in [-0.39, 0.29) is 0 Å². The zero-order valence-corrected chi connectivity index (χ0v) is 11.3. The molecule has 2 aliphatic rings. The van der Waals surface area contributed by atoms with Gasteiger partial charge in [-0.1, -0.05) is 32.5 Å². The molecule has 2 radical (unpaired) electrons. The van der Waals surface area contributed by atoms with Crippen molar-refractivity contribution in [3.8, 4) is 0 Å². The third-order valence-electron chi connectivity index (χ3n) is 2.13. The van der Waals surface area contributed by atoms with E-state index in [1.54, 1.807) is 23.9 Å². The third kappa shape index (κ3) is 2.32. The van der Waals surface area contributed by atoms with Gasteiger partial charge in [0.15, 0.2) is 0 Å². The predicted molar refractivity (Wildman–Crippen MR) is 77.0 cm³/mol. The van der Waals surface area contributed by atoms with E-state index >= 15 is 0 Å². The van der Waals surface area contributed by atoms with E-state index < -0.39 is 0 Å². The fraction of sp³-hybridized carbons (Fsp3) is 0. The molecule has 2 aliphatic heterocycles. The summed E-state index contributed by atoms with van der Waals surface area (Å²) in [6.07, 6.45) is 0. The molecule has 2 heterocycles. The largest absolute Gasteiger partial charge is 0.0973 e. The quantitative estimate of drug-likeness (QED) is 0.763. The first-order valence-corrected chi connectivity index (χ1v) is 7.73. The molecule has 0 aliphatic carbocycles. The van der Waals surface area contributed by atoms with Gasteiger partial charge in [0.25, 0.3) is 0 Å². The maximum absolute atomic E-state index is 4.15. The Kier molecular flexibility index (Phi) is 3.56. The van der Waals surface area contributed by atoms with Crippen LogP contribution in [0.1, 0.15) is 11.1 Å². The first-order chi connectivity index (χ1) is 7.93. The first kappa shape index (κ1) is 11.1. The van der Waals surface area contributed by atoms with Gasteiger partial charge in [-0.25, -0.2) is 0 Å². The van der Waals surface area contributed by atoms with E-state index in [0.717, 1.165) is 0 Å². The Balaban J connectivity index is 1.84. The summed E-state index contributed by atoms with van der Waals surface area (Å²) in [5.41, 5.74) is 2.46. The second-order valence-corrected chi connectivity index (χ2v) is 6.41. The minimum absolute atomic E-state index is 1.23. The summed E-state index contributed by atoms with van der Waals surface area (Å²) >= 11 is 6.08. The highest BCUT2D eigenvalue weighted by molar-refractivity contribution is 8.22. The van der Waals surface area contributed by atoms with Crippen molar-refractivity contribution in [3.05, 3.63) is 46.2 Å².